The number of benzene rings is 1. The van der Waals surface area contributed by atoms with Gasteiger partial charge in [0.25, 0.3) is 0 Å². The number of aromatic nitrogens is 1. The minimum atomic E-state index is -1.50. The van der Waals surface area contributed by atoms with Gasteiger partial charge < -0.3 is 10.6 Å². The summed E-state index contributed by atoms with van der Waals surface area (Å²) in [7, 11) is 0. The van der Waals surface area contributed by atoms with Crippen LogP contribution in [-0.4, -0.2) is 22.3 Å². The maximum Gasteiger partial charge on any atom is 0.223 e. The van der Waals surface area contributed by atoms with E-state index in [-0.39, 0.29) is 23.8 Å². The Labute approximate surface area is 130 Å². The van der Waals surface area contributed by atoms with E-state index in [0.29, 0.717) is 18.8 Å². The third kappa shape index (κ3) is 2.99. The third-order valence-electron chi connectivity index (χ3n) is 4.00. The molecule has 0 aliphatic carbocycles. The van der Waals surface area contributed by atoms with E-state index >= 15 is 0 Å². The van der Waals surface area contributed by atoms with Crippen molar-refractivity contribution < 1.29 is 18.0 Å². The van der Waals surface area contributed by atoms with Crippen molar-refractivity contribution in [1.82, 2.24) is 9.88 Å². The second-order valence-corrected chi connectivity index (χ2v) is 5.55. The van der Waals surface area contributed by atoms with Gasteiger partial charge in [-0.25, -0.2) is 13.2 Å². The number of nitrogens with two attached hydrogens (primary N) is 1. The van der Waals surface area contributed by atoms with Gasteiger partial charge in [0, 0.05) is 31.6 Å². The van der Waals surface area contributed by atoms with Crippen LogP contribution in [0.2, 0.25) is 0 Å². The molecule has 2 aromatic rings. The average Bonchev–Trinajstić information content (AvgIpc) is 2.88. The van der Waals surface area contributed by atoms with Crippen LogP contribution in [0.15, 0.2) is 30.6 Å². The second-order valence-electron chi connectivity index (χ2n) is 5.55. The minimum Gasteiger partial charge on any atom is -0.397 e. The van der Waals surface area contributed by atoms with Gasteiger partial charge in [0.1, 0.15) is 0 Å². The van der Waals surface area contributed by atoms with Crippen LogP contribution in [0, 0.1) is 17.5 Å². The van der Waals surface area contributed by atoms with Crippen LogP contribution < -0.4 is 5.73 Å². The summed E-state index contributed by atoms with van der Waals surface area (Å²) < 4.78 is 39.7. The number of pyridine rings is 1. The number of hydrogen-bond acceptors (Lipinski definition) is 3. The summed E-state index contributed by atoms with van der Waals surface area (Å²) in [5.74, 6) is -4.51. The van der Waals surface area contributed by atoms with Crippen molar-refractivity contribution in [2.75, 3.05) is 12.3 Å². The normalized spacial score (nSPS) is 17.8. The SMILES string of the molecule is Nc1cnccc1CN1C[C@@H](c2cc(F)c(F)c(F)c2)CC1=O. The zero-order valence-electron chi connectivity index (χ0n) is 12.1. The van der Waals surface area contributed by atoms with Crippen molar-refractivity contribution in [2.24, 2.45) is 0 Å². The Bertz CT molecular complexity index is 743. The van der Waals surface area contributed by atoms with E-state index in [2.05, 4.69) is 4.98 Å². The molecular formula is C16H14F3N3O. The number of amides is 1. The summed E-state index contributed by atoms with van der Waals surface area (Å²) in [6.07, 6.45) is 3.20. The highest BCUT2D eigenvalue weighted by Gasteiger charge is 2.32. The molecule has 2 heterocycles. The van der Waals surface area contributed by atoms with Crippen LogP contribution in [-0.2, 0) is 11.3 Å². The fourth-order valence-electron chi connectivity index (χ4n) is 2.74. The number of carbonyl (C=O) groups excluding carboxylic acids is 1. The van der Waals surface area contributed by atoms with Crippen molar-refractivity contribution in [2.45, 2.75) is 18.9 Å². The van der Waals surface area contributed by atoms with E-state index in [1.165, 1.54) is 6.20 Å². The molecule has 0 unspecified atom stereocenters. The second kappa shape index (κ2) is 5.91. The first-order valence-electron chi connectivity index (χ1n) is 7.06. The number of hydrogen-bond donors (Lipinski definition) is 1. The van der Waals surface area contributed by atoms with Crippen molar-refractivity contribution in [1.29, 1.82) is 0 Å². The summed E-state index contributed by atoms with van der Waals surface area (Å²) >= 11 is 0. The summed E-state index contributed by atoms with van der Waals surface area (Å²) in [4.78, 5) is 17.6. The van der Waals surface area contributed by atoms with Crippen LogP contribution in [0.25, 0.3) is 0 Å². The van der Waals surface area contributed by atoms with Gasteiger partial charge in [-0.15, -0.1) is 0 Å². The predicted octanol–water partition coefficient (Wildman–Crippen LogP) is 2.60. The first-order chi connectivity index (χ1) is 11.0. The van der Waals surface area contributed by atoms with Crippen molar-refractivity contribution >= 4 is 11.6 Å². The molecule has 3 rings (SSSR count). The molecule has 1 fully saturated rings. The third-order valence-corrected chi connectivity index (χ3v) is 4.00. The van der Waals surface area contributed by atoms with Crippen molar-refractivity contribution in [3.63, 3.8) is 0 Å². The maximum atomic E-state index is 13.4. The largest absolute Gasteiger partial charge is 0.397 e. The molecule has 0 spiro atoms. The molecule has 1 saturated heterocycles. The van der Waals surface area contributed by atoms with E-state index in [1.54, 1.807) is 17.2 Å². The number of nitrogens with zero attached hydrogens (tertiary/aromatic N) is 2. The van der Waals surface area contributed by atoms with Gasteiger partial charge >= 0.3 is 0 Å². The highest BCUT2D eigenvalue weighted by Crippen LogP contribution is 2.31. The van der Waals surface area contributed by atoms with Gasteiger partial charge in [0.15, 0.2) is 17.5 Å². The lowest BCUT2D eigenvalue weighted by Gasteiger charge is -2.18. The molecule has 0 radical (unpaired) electrons. The van der Waals surface area contributed by atoms with E-state index < -0.39 is 17.5 Å². The van der Waals surface area contributed by atoms with Crippen LogP contribution in [0.3, 0.4) is 0 Å². The van der Waals surface area contributed by atoms with Crippen molar-refractivity contribution in [3.05, 3.63) is 59.2 Å². The quantitative estimate of drug-likeness (QED) is 0.884. The maximum absolute atomic E-state index is 13.4. The zero-order chi connectivity index (χ0) is 16.6. The van der Waals surface area contributed by atoms with Gasteiger partial charge in [-0.2, -0.15) is 0 Å². The fraction of sp³-hybridized carbons (Fsp3) is 0.250. The predicted molar refractivity (Wildman–Crippen MR) is 77.7 cm³/mol. The molecule has 0 saturated carbocycles. The summed E-state index contributed by atoms with van der Waals surface area (Å²) in [6.45, 7) is 0.598. The summed E-state index contributed by atoms with van der Waals surface area (Å²) in [5, 5.41) is 0. The molecule has 1 amide bonds. The van der Waals surface area contributed by atoms with Gasteiger partial charge in [-0.1, -0.05) is 0 Å². The molecule has 23 heavy (non-hydrogen) atoms. The van der Waals surface area contributed by atoms with Gasteiger partial charge in [0.2, 0.25) is 5.91 Å². The number of likely N-dealkylation sites (tertiary alicyclic amines) is 1. The minimum absolute atomic E-state index is 0.121. The number of rotatable bonds is 3. The highest BCUT2D eigenvalue weighted by molar-refractivity contribution is 5.80. The standard InChI is InChI=1S/C16H14F3N3O/c17-12-3-10(4-13(18)16(12)19)11-5-15(23)22(8-11)7-9-1-2-21-6-14(9)20/h1-4,6,11H,5,7-8,20H2/t11-/m0/s1. The van der Waals surface area contributed by atoms with Gasteiger partial charge in [-0.05, 0) is 29.3 Å². The molecule has 1 atom stereocenters. The molecule has 2 N–H and O–H groups in total. The zero-order valence-corrected chi connectivity index (χ0v) is 12.1. The smallest absolute Gasteiger partial charge is 0.223 e. The number of anilines is 1. The first kappa shape index (κ1) is 15.3. The van der Waals surface area contributed by atoms with Crippen LogP contribution >= 0.6 is 0 Å². The highest BCUT2D eigenvalue weighted by atomic mass is 19.2. The van der Waals surface area contributed by atoms with Crippen LogP contribution in [0.4, 0.5) is 18.9 Å². The summed E-state index contributed by atoms with van der Waals surface area (Å²) in [5.41, 5.74) is 7.31. The Morgan fingerprint density at radius 2 is 1.96 bits per heavy atom. The number of carbonyl (C=O) groups is 1. The molecule has 120 valence electrons. The average molecular weight is 321 g/mol. The molecule has 4 nitrogen and oxygen atoms in total. The molecule has 1 aliphatic heterocycles. The Hall–Kier alpha value is -2.57. The molecule has 0 bridgehead atoms. The molecule has 1 aromatic heterocycles. The van der Waals surface area contributed by atoms with E-state index in [1.807, 2.05) is 0 Å². The first-order valence-corrected chi connectivity index (χ1v) is 7.06. The molecule has 1 aliphatic rings. The number of nitrogen functional groups attached to an aromatic ring is 1. The van der Waals surface area contributed by atoms with Gasteiger partial charge in [-0.3, -0.25) is 9.78 Å². The van der Waals surface area contributed by atoms with Crippen molar-refractivity contribution in [3.8, 4) is 0 Å². The Morgan fingerprint density at radius 3 is 2.61 bits per heavy atom. The van der Waals surface area contributed by atoms with Gasteiger partial charge in [0.05, 0.1) is 11.9 Å². The lowest BCUT2D eigenvalue weighted by molar-refractivity contribution is -0.128. The Morgan fingerprint density at radius 1 is 1.26 bits per heavy atom. The molecule has 1 aromatic carbocycles. The van der Waals surface area contributed by atoms with Crippen LogP contribution in [0.5, 0.6) is 0 Å². The topological polar surface area (TPSA) is 59.2 Å². The lowest BCUT2D eigenvalue weighted by Crippen LogP contribution is -2.25. The van der Waals surface area contributed by atoms with Crippen LogP contribution in [0.1, 0.15) is 23.5 Å². The van der Waals surface area contributed by atoms with E-state index in [9.17, 15) is 18.0 Å². The molecule has 7 heteroatoms. The lowest BCUT2D eigenvalue weighted by atomic mass is 9.98. The Balaban J connectivity index is 1.79. The number of halogens is 3. The van der Waals surface area contributed by atoms with E-state index in [4.69, 9.17) is 5.73 Å². The fourth-order valence-corrected chi connectivity index (χ4v) is 2.74. The monoisotopic (exact) mass is 321 g/mol. The molecular weight excluding hydrogens is 307 g/mol. The summed E-state index contributed by atoms with van der Waals surface area (Å²) in [6, 6.07) is 3.61. The van der Waals surface area contributed by atoms with E-state index in [0.717, 1.165) is 17.7 Å². The Kier molecular flexibility index (Phi) is 3.94.